The third-order valence-electron chi connectivity index (χ3n) is 6.27. The maximum Gasteiger partial charge on any atom is 0.325 e. The predicted molar refractivity (Wildman–Crippen MR) is 97.7 cm³/mol. The van der Waals surface area contributed by atoms with Crippen LogP contribution in [0.25, 0.3) is 0 Å². The molecule has 6 nitrogen and oxygen atoms in total. The average molecular weight is 355 g/mol. The zero-order chi connectivity index (χ0) is 18.5. The van der Waals surface area contributed by atoms with Crippen molar-refractivity contribution >= 4 is 23.5 Å². The van der Waals surface area contributed by atoms with Crippen LogP contribution in [-0.4, -0.2) is 40.9 Å². The second-order valence-corrected chi connectivity index (χ2v) is 7.89. The van der Waals surface area contributed by atoms with Gasteiger partial charge in [-0.2, -0.15) is 0 Å². The van der Waals surface area contributed by atoms with E-state index in [1.165, 1.54) is 0 Å². The van der Waals surface area contributed by atoms with E-state index >= 15 is 0 Å². The molecular formula is C20H25N3O3. The third-order valence-corrected chi connectivity index (χ3v) is 6.27. The first-order valence-electron chi connectivity index (χ1n) is 9.48. The number of anilines is 1. The normalized spacial score (nSPS) is 30.7. The molecule has 1 saturated heterocycles. The van der Waals surface area contributed by atoms with Gasteiger partial charge in [0.2, 0.25) is 5.91 Å². The lowest BCUT2D eigenvalue weighted by Gasteiger charge is -2.36. The minimum Gasteiger partial charge on any atom is -0.323 e. The summed E-state index contributed by atoms with van der Waals surface area (Å²) in [4.78, 5) is 41.4. The van der Waals surface area contributed by atoms with E-state index in [0.29, 0.717) is 6.42 Å². The first-order valence-corrected chi connectivity index (χ1v) is 9.48. The molecule has 2 heterocycles. The van der Waals surface area contributed by atoms with E-state index in [4.69, 9.17) is 0 Å². The Balaban J connectivity index is 1.55. The van der Waals surface area contributed by atoms with Gasteiger partial charge >= 0.3 is 6.03 Å². The van der Waals surface area contributed by atoms with Crippen molar-refractivity contribution in [1.82, 2.24) is 10.2 Å². The lowest BCUT2D eigenvalue weighted by molar-refractivity contribution is -0.136. The molecule has 1 aromatic rings. The van der Waals surface area contributed by atoms with Crippen molar-refractivity contribution < 1.29 is 14.4 Å². The summed E-state index contributed by atoms with van der Waals surface area (Å²) in [7, 11) is 0. The number of hydrogen-bond donors (Lipinski definition) is 1. The minimum atomic E-state index is -0.815. The van der Waals surface area contributed by atoms with Crippen molar-refractivity contribution in [2.75, 3.05) is 11.4 Å². The predicted octanol–water partition coefficient (Wildman–Crippen LogP) is 2.46. The number of hydrogen-bond acceptors (Lipinski definition) is 3. The van der Waals surface area contributed by atoms with Gasteiger partial charge in [-0.05, 0) is 43.7 Å². The molecule has 4 amide bonds. The largest absolute Gasteiger partial charge is 0.325 e. The molecule has 3 unspecified atom stereocenters. The molecule has 0 radical (unpaired) electrons. The van der Waals surface area contributed by atoms with Crippen LogP contribution >= 0.6 is 0 Å². The van der Waals surface area contributed by atoms with Gasteiger partial charge in [0, 0.05) is 11.7 Å². The Bertz CT molecular complexity index is 777. The summed E-state index contributed by atoms with van der Waals surface area (Å²) in [5, 5.41) is 2.91. The highest BCUT2D eigenvalue weighted by Crippen LogP contribution is 2.38. The van der Waals surface area contributed by atoms with Crippen molar-refractivity contribution in [2.24, 2.45) is 5.92 Å². The van der Waals surface area contributed by atoms with Gasteiger partial charge in [-0.25, -0.2) is 4.79 Å². The molecule has 0 aromatic heterocycles. The molecule has 6 heteroatoms. The van der Waals surface area contributed by atoms with Crippen molar-refractivity contribution in [3.05, 3.63) is 29.8 Å². The fraction of sp³-hybridized carbons (Fsp3) is 0.550. The fourth-order valence-corrected chi connectivity index (χ4v) is 4.80. The van der Waals surface area contributed by atoms with Crippen LogP contribution in [0.3, 0.4) is 0 Å². The van der Waals surface area contributed by atoms with Crippen LogP contribution in [0.5, 0.6) is 0 Å². The molecule has 2 aliphatic heterocycles. The van der Waals surface area contributed by atoms with Gasteiger partial charge in [0.15, 0.2) is 0 Å². The second kappa shape index (κ2) is 6.11. The highest BCUT2D eigenvalue weighted by molar-refractivity contribution is 6.11. The van der Waals surface area contributed by atoms with Crippen molar-refractivity contribution in [1.29, 1.82) is 0 Å². The Labute approximate surface area is 153 Å². The smallest absolute Gasteiger partial charge is 0.323 e. The van der Waals surface area contributed by atoms with E-state index in [1.54, 1.807) is 4.90 Å². The first kappa shape index (κ1) is 17.1. The highest BCUT2D eigenvalue weighted by Gasteiger charge is 2.55. The van der Waals surface area contributed by atoms with Crippen LogP contribution in [0.1, 0.15) is 45.1 Å². The number of para-hydroxylation sites is 1. The van der Waals surface area contributed by atoms with E-state index in [9.17, 15) is 14.4 Å². The molecule has 4 rings (SSSR count). The summed E-state index contributed by atoms with van der Waals surface area (Å²) in [5.41, 5.74) is 1.20. The van der Waals surface area contributed by atoms with Crippen LogP contribution in [-0.2, 0) is 16.0 Å². The number of urea groups is 1. The molecule has 3 atom stereocenters. The molecule has 1 aliphatic carbocycles. The number of amides is 4. The lowest BCUT2D eigenvalue weighted by atomic mass is 9.73. The van der Waals surface area contributed by atoms with E-state index in [1.807, 2.05) is 38.1 Å². The number of benzene rings is 1. The number of fused-ring (bicyclic) bond motifs is 1. The summed E-state index contributed by atoms with van der Waals surface area (Å²) in [5.74, 6) is -0.339. The van der Waals surface area contributed by atoms with E-state index in [-0.39, 0.29) is 30.3 Å². The Morgan fingerprint density at radius 1 is 1.23 bits per heavy atom. The molecule has 138 valence electrons. The topological polar surface area (TPSA) is 69.7 Å². The molecule has 2 fully saturated rings. The number of carbonyl (C=O) groups excluding carboxylic acids is 3. The highest BCUT2D eigenvalue weighted by atomic mass is 16.2. The lowest BCUT2D eigenvalue weighted by Crippen LogP contribution is -2.54. The van der Waals surface area contributed by atoms with Gasteiger partial charge < -0.3 is 10.2 Å². The first-order chi connectivity index (χ1) is 12.4. The molecule has 26 heavy (non-hydrogen) atoms. The number of carbonyl (C=O) groups is 3. The molecular weight excluding hydrogens is 330 g/mol. The van der Waals surface area contributed by atoms with Crippen LogP contribution in [0.15, 0.2) is 24.3 Å². The molecule has 1 saturated carbocycles. The molecule has 0 bridgehead atoms. The summed E-state index contributed by atoms with van der Waals surface area (Å²) in [6, 6.07) is 7.41. The average Bonchev–Trinajstić information content (AvgIpc) is 3.07. The van der Waals surface area contributed by atoms with Crippen LogP contribution < -0.4 is 10.2 Å². The van der Waals surface area contributed by atoms with Gasteiger partial charge in [-0.3, -0.25) is 14.5 Å². The van der Waals surface area contributed by atoms with Gasteiger partial charge in [-0.1, -0.05) is 38.0 Å². The quantitative estimate of drug-likeness (QED) is 0.829. The van der Waals surface area contributed by atoms with Gasteiger partial charge in [0.1, 0.15) is 12.1 Å². The van der Waals surface area contributed by atoms with Gasteiger partial charge in [-0.15, -0.1) is 0 Å². The van der Waals surface area contributed by atoms with Crippen molar-refractivity contribution in [3.8, 4) is 0 Å². The van der Waals surface area contributed by atoms with Crippen molar-refractivity contribution in [3.63, 3.8) is 0 Å². The molecule has 1 spiro atoms. The number of nitrogens with zero attached hydrogens (tertiary/aromatic N) is 2. The molecule has 1 aromatic carbocycles. The molecule has 1 N–H and O–H groups in total. The Kier molecular flexibility index (Phi) is 4.01. The monoisotopic (exact) mass is 355 g/mol. The minimum absolute atomic E-state index is 0.0308. The number of nitrogens with one attached hydrogen (secondary N) is 1. The Hall–Kier alpha value is -2.37. The maximum atomic E-state index is 13.1. The Morgan fingerprint density at radius 3 is 2.77 bits per heavy atom. The Morgan fingerprint density at radius 2 is 2.00 bits per heavy atom. The summed E-state index contributed by atoms with van der Waals surface area (Å²) in [6.45, 7) is 3.81. The van der Waals surface area contributed by atoms with E-state index in [0.717, 1.165) is 41.8 Å². The number of imide groups is 1. The standard InChI is InChI=1S/C20H25N3O3/c1-13-7-5-6-10-20(13)18(25)22(19(26)21-20)12-17(24)23-14(2)11-15-8-3-4-9-16(15)23/h3-4,8-9,13-14H,5-7,10-12H2,1-2H3,(H,21,26). The van der Waals surface area contributed by atoms with Crippen LogP contribution in [0, 0.1) is 5.92 Å². The SMILES string of the molecule is CC1Cc2ccccc2N1C(=O)CN1C(=O)NC2(CCCCC2C)C1=O. The summed E-state index contributed by atoms with van der Waals surface area (Å²) in [6.07, 6.45) is 4.38. The maximum absolute atomic E-state index is 13.1. The summed E-state index contributed by atoms with van der Waals surface area (Å²) < 4.78 is 0. The van der Waals surface area contributed by atoms with Crippen LogP contribution in [0.4, 0.5) is 10.5 Å². The second-order valence-electron chi connectivity index (χ2n) is 7.89. The zero-order valence-corrected chi connectivity index (χ0v) is 15.3. The number of rotatable bonds is 2. The summed E-state index contributed by atoms with van der Waals surface area (Å²) >= 11 is 0. The van der Waals surface area contributed by atoms with Crippen molar-refractivity contribution in [2.45, 2.75) is 57.5 Å². The van der Waals surface area contributed by atoms with Gasteiger partial charge in [0.05, 0.1) is 0 Å². The van der Waals surface area contributed by atoms with Gasteiger partial charge in [0.25, 0.3) is 5.91 Å². The van der Waals surface area contributed by atoms with E-state index in [2.05, 4.69) is 5.32 Å². The van der Waals surface area contributed by atoms with Crippen LogP contribution in [0.2, 0.25) is 0 Å². The zero-order valence-electron chi connectivity index (χ0n) is 15.3. The molecule has 3 aliphatic rings. The fourth-order valence-electron chi connectivity index (χ4n) is 4.80. The third kappa shape index (κ3) is 2.42. The van der Waals surface area contributed by atoms with E-state index < -0.39 is 11.6 Å².